The molecule has 0 spiro atoms. The third-order valence-electron chi connectivity index (χ3n) is 2.76. The van der Waals surface area contributed by atoms with E-state index in [0.717, 1.165) is 25.7 Å². The normalized spacial score (nSPS) is 22.4. The summed E-state index contributed by atoms with van der Waals surface area (Å²) in [5.74, 6) is 0. The molecular weight excluding hydrogens is 231 g/mol. The van der Waals surface area contributed by atoms with Crippen LogP contribution in [0.25, 0.3) is 0 Å². The average Bonchev–Trinajstić information content (AvgIpc) is 2.97. The van der Waals surface area contributed by atoms with E-state index in [1.807, 2.05) is 6.92 Å². The third-order valence-corrected chi connectivity index (χ3v) is 4.08. The molecule has 0 aromatic rings. The lowest BCUT2D eigenvalue weighted by atomic mass is 10.3. The summed E-state index contributed by atoms with van der Waals surface area (Å²) in [7, 11) is -4.40. The molecule has 0 aliphatic heterocycles. The van der Waals surface area contributed by atoms with E-state index in [4.69, 9.17) is 9.47 Å². The second-order valence-electron chi connectivity index (χ2n) is 4.64. The number of rotatable bonds is 7. The summed E-state index contributed by atoms with van der Waals surface area (Å²) in [6, 6.07) is 0. The van der Waals surface area contributed by atoms with Crippen molar-refractivity contribution in [3.8, 4) is 0 Å². The van der Waals surface area contributed by atoms with Gasteiger partial charge in [0, 0.05) is 6.42 Å². The van der Waals surface area contributed by atoms with E-state index in [9.17, 15) is 14.4 Å². The number of hydrogen-bond donors (Lipinski definition) is 2. The van der Waals surface area contributed by atoms with Gasteiger partial charge in [0.1, 0.15) is 0 Å². The predicted molar refractivity (Wildman–Crippen MR) is 57.9 cm³/mol. The van der Waals surface area contributed by atoms with Gasteiger partial charge in [-0.25, -0.2) is 0 Å². The molecule has 5 nitrogen and oxygen atoms in total. The Kier molecular flexibility index (Phi) is 3.44. The first kappa shape index (κ1) is 12.5. The highest BCUT2D eigenvalue weighted by molar-refractivity contribution is 7.53. The van der Waals surface area contributed by atoms with Crippen LogP contribution >= 0.6 is 7.60 Å². The molecule has 2 saturated carbocycles. The molecule has 2 rings (SSSR count). The lowest BCUT2D eigenvalue weighted by molar-refractivity contribution is -0.206. The molecule has 0 saturated heterocycles. The van der Waals surface area contributed by atoms with Crippen molar-refractivity contribution in [2.24, 2.45) is 0 Å². The van der Waals surface area contributed by atoms with Crippen molar-refractivity contribution in [3.63, 3.8) is 0 Å². The minimum absolute atomic E-state index is 0.0297. The molecule has 0 heterocycles. The molecule has 0 aromatic heterocycles. The standard InChI is InChI=1S/C10H19O5P/c1-2-7-10(16(11,12)13,14-8-3-4-8)15-9-5-6-9/h8-9H,2-7H2,1H3,(H2,11,12,13). The molecule has 0 aromatic carbocycles. The molecule has 2 aliphatic carbocycles. The summed E-state index contributed by atoms with van der Waals surface area (Å²) in [5.41, 5.74) is -1.68. The van der Waals surface area contributed by atoms with Gasteiger partial charge in [0.05, 0.1) is 12.2 Å². The molecule has 2 fully saturated rings. The van der Waals surface area contributed by atoms with Crippen LogP contribution in [0.3, 0.4) is 0 Å². The van der Waals surface area contributed by atoms with Gasteiger partial charge in [0.15, 0.2) is 0 Å². The maximum absolute atomic E-state index is 11.6. The van der Waals surface area contributed by atoms with Gasteiger partial charge in [0.25, 0.3) is 5.53 Å². The smallest absolute Gasteiger partial charge is 0.337 e. The minimum Gasteiger partial charge on any atom is -0.337 e. The van der Waals surface area contributed by atoms with Gasteiger partial charge in [0.2, 0.25) is 0 Å². The Balaban J connectivity index is 2.13. The Labute approximate surface area is 95.3 Å². The van der Waals surface area contributed by atoms with Crippen LogP contribution in [-0.2, 0) is 14.0 Å². The van der Waals surface area contributed by atoms with Gasteiger partial charge in [-0.1, -0.05) is 13.3 Å². The summed E-state index contributed by atoms with van der Waals surface area (Å²) in [6.45, 7) is 1.87. The second kappa shape index (κ2) is 4.39. The maximum atomic E-state index is 11.6. The van der Waals surface area contributed by atoms with E-state index >= 15 is 0 Å². The number of hydrogen-bond acceptors (Lipinski definition) is 3. The molecule has 6 heteroatoms. The van der Waals surface area contributed by atoms with Crippen LogP contribution in [0.1, 0.15) is 45.4 Å². The lowest BCUT2D eigenvalue weighted by Crippen LogP contribution is -2.37. The molecule has 0 amide bonds. The molecule has 2 aliphatic rings. The van der Waals surface area contributed by atoms with E-state index in [0.29, 0.717) is 6.42 Å². The zero-order valence-electron chi connectivity index (χ0n) is 9.46. The molecule has 16 heavy (non-hydrogen) atoms. The van der Waals surface area contributed by atoms with E-state index in [-0.39, 0.29) is 18.6 Å². The molecule has 0 atom stereocenters. The molecular formula is C10H19O5P. The van der Waals surface area contributed by atoms with Crippen LogP contribution in [0.15, 0.2) is 0 Å². The van der Waals surface area contributed by atoms with Crippen molar-refractivity contribution in [2.75, 3.05) is 0 Å². The topological polar surface area (TPSA) is 76.0 Å². The largest absolute Gasteiger partial charge is 0.384 e. The monoisotopic (exact) mass is 250 g/mol. The highest BCUT2D eigenvalue weighted by Crippen LogP contribution is 2.58. The van der Waals surface area contributed by atoms with Gasteiger partial charge in [-0.05, 0) is 25.7 Å². The van der Waals surface area contributed by atoms with Crippen molar-refractivity contribution in [2.45, 2.75) is 63.2 Å². The van der Waals surface area contributed by atoms with Crippen LogP contribution in [0, 0.1) is 0 Å². The van der Waals surface area contributed by atoms with Crippen LogP contribution in [0.5, 0.6) is 0 Å². The second-order valence-corrected chi connectivity index (χ2v) is 6.41. The molecule has 2 N–H and O–H groups in total. The Morgan fingerprint density at radius 2 is 1.62 bits per heavy atom. The van der Waals surface area contributed by atoms with Crippen LogP contribution in [0.2, 0.25) is 0 Å². The average molecular weight is 250 g/mol. The summed E-state index contributed by atoms with van der Waals surface area (Å²) >= 11 is 0. The van der Waals surface area contributed by atoms with Crippen molar-refractivity contribution in [1.82, 2.24) is 0 Å². The molecule has 0 radical (unpaired) electrons. The molecule has 0 unspecified atom stereocenters. The van der Waals surface area contributed by atoms with Crippen LogP contribution in [-0.4, -0.2) is 27.5 Å². The maximum Gasteiger partial charge on any atom is 0.384 e. The fourth-order valence-electron chi connectivity index (χ4n) is 1.64. The first-order chi connectivity index (χ1) is 7.47. The van der Waals surface area contributed by atoms with Crippen molar-refractivity contribution in [1.29, 1.82) is 0 Å². The summed E-state index contributed by atoms with van der Waals surface area (Å²) < 4.78 is 22.7. The molecule has 0 bridgehead atoms. The quantitative estimate of drug-likeness (QED) is 0.533. The van der Waals surface area contributed by atoms with Crippen LogP contribution < -0.4 is 0 Å². The molecule has 94 valence electrons. The lowest BCUT2D eigenvalue weighted by Gasteiger charge is -2.34. The van der Waals surface area contributed by atoms with Crippen molar-refractivity contribution in [3.05, 3.63) is 0 Å². The summed E-state index contributed by atoms with van der Waals surface area (Å²) in [6.07, 6.45) is 4.32. The van der Waals surface area contributed by atoms with E-state index < -0.39 is 13.1 Å². The van der Waals surface area contributed by atoms with Crippen molar-refractivity contribution < 1.29 is 23.8 Å². The fourth-order valence-corrected chi connectivity index (χ4v) is 2.72. The first-order valence-corrected chi connectivity index (χ1v) is 7.49. The Bertz CT molecular complexity index is 278. The zero-order chi connectivity index (χ0) is 11.8. The van der Waals surface area contributed by atoms with Crippen molar-refractivity contribution >= 4 is 7.60 Å². The Morgan fingerprint density at radius 1 is 1.19 bits per heavy atom. The van der Waals surface area contributed by atoms with E-state index in [2.05, 4.69) is 0 Å². The highest BCUT2D eigenvalue weighted by atomic mass is 31.2. The highest BCUT2D eigenvalue weighted by Gasteiger charge is 2.54. The van der Waals surface area contributed by atoms with E-state index in [1.54, 1.807) is 0 Å². The zero-order valence-corrected chi connectivity index (χ0v) is 10.4. The van der Waals surface area contributed by atoms with E-state index in [1.165, 1.54) is 0 Å². The Morgan fingerprint density at radius 3 is 1.88 bits per heavy atom. The predicted octanol–water partition coefficient (Wildman–Crippen LogP) is 1.98. The summed E-state index contributed by atoms with van der Waals surface area (Å²) in [5, 5.41) is 0. The fraction of sp³-hybridized carbons (Fsp3) is 1.00. The minimum atomic E-state index is -4.40. The van der Waals surface area contributed by atoms with Gasteiger partial charge >= 0.3 is 7.60 Å². The van der Waals surface area contributed by atoms with Gasteiger partial charge in [-0.3, -0.25) is 4.57 Å². The van der Waals surface area contributed by atoms with Gasteiger partial charge < -0.3 is 19.3 Å². The number of ether oxygens (including phenoxy) is 2. The third kappa shape index (κ3) is 2.84. The Hall–Kier alpha value is 0.0700. The SMILES string of the molecule is CCCC(OC1CC1)(OC1CC1)P(=O)(O)O. The van der Waals surface area contributed by atoms with Gasteiger partial charge in [-0.15, -0.1) is 0 Å². The first-order valence-electron chi connectivity index (χ1n) is 5.88. The van der Waals surface area contributed by atoms with Crippen LogP contribution in [0.4, 0.5) is 0 Å². The van der Waals surface area contributed by atoms with Gasteiger partial charge in [-0.2, -0.15) is 0 Å². The summed E-state index contributed by atoms with van der Waals surface area (Å²) in [4.78, 5) is 18.9.